The van der Waals surface area contributed by atoms with Gasteiger partial charge in [0, 0.05) is 12.1 Å². The summed E-state index contributed by atoms with van der Waals surface area (Å²) in [6, 6.07) is 11.8. The Morgan fingerprint density at radius 2 is 1.79 bits per heavy atom. The molecule has 148 valence electrons. The number of anilines is 2. The van der Waals surface area contributed by atoms with Crippen LogP contribution in [0.4, 0.5) is 11.4 Å². The van der Waals surface area contributed by atoms with Crippen LogP contribution in [0, 0.1) is 0 Å². The van der Waals surface area contributed by atoms with E-state index in [1.54, 1.807) is 42.5 Å². The van der Waals surface area contributed by atoms with Crippen LogP contribution in [0.5, 0.6) is 5.75 Å². The van der Waals surface area contributed by atoms with E-state index in [0.29, 0.717) is 33.6 Å². The number of hydrogen-bond donors (Lipinski definition) is 3. The predicted octanol–water partition coefficient (Wildman–Crippen LogP) is 4.62. The van der Waals surface area contributed by atoms with E-state index in [1.165, 1.54) is 0 Å². The summed E-state index contributed by atoms with van der Waals surface area (Å²) in [6.07, 6.45) is 1.17. The zero-order chi connectivity index (χ0) is 20.5. The van der Waals surface area contributed by atoms with Gasteiger partial charge in [0.2, 0.25) is 5.91 Å². The summed E-state index contributed by atoms with van der Waals surface area (Å²) >= 11 is 17.2. The molecule has 0 bridgehead atoms. The van der Waals surface area contributed by atoms with Crippen LogP contribution in [0.3, 0.4) is 0 Å². The average Bonchev–Trinajstić information content (AvgIpc) is 2.64. The molecule has 3 N–H and O–H groups in total. The molecule has 0 atom stereocenters. The fraction of sp³-hybridized carbons (Fsp3) is 0.211. The third kappa shape index (κ3) is 6.99. The smallest absolute Gasteiger partial charge is 0.264 e. The molecule has 0 aliphatic rings. The number of amides is 2. The summed E-state index contributed by atoms with van der Waals surface area (Å²) in [5.74, 6) is -0.152. The van der Waals surface area contributed by atoms with Crippen LogP contribution in [-0.4, -0.2) is 23.5 Å². The average molecular weight is 440 g/mol. The molecule has 2 aromatic carbocycles. The number of carbonyl (C=O) groups excluding carboxylic acids is 2. The lowest BCUT2D eigenvalue weighted by molar-refractivity contribution is -0.121. The van der Waals surface area contributed by atoms with Gasteiger partial charge in [-0.2, -0.15) is 0 Å². The maximum Gasteiger partial charge on any atom is 0.264 e. The fourth-order valence-corrected chi connectivity index (χ4v) is 2.75. The van der Waals surface area contributed by atoms with Crippen molar-refractivity contribution in [3.05, 3.63) is 52.5 Å². The SMILES string of the molecule is CCCC(=O)Nc1ccc(Cl)c(NC(=S)NC(=O)COc2ccccc2Cl)c1. The van der Waals surface area contributed by atoms with Gasteiger partial charge >= 0.3 is 0 Å². The monoisotopic (exact) mass is 439 g/mol. The molecule has 0 aliphatic carbocycles. The van der Waals surface area contributed by atoms with Crippen LogP contribution in [0.25, 0.3) is 0 Å². The molecule has 0 aromatic heterocycles. The van der Waals surface area contributed by atoms with E-state index in [2.05, 4.69) is 16.0 Å². The second kappa shape index (κ2) is 10.8. The number of hydrogen-bond acceptors (Lipinski definition) is 4. The minimum Gasteiger partial charge on any atom is -0.482 e. The normalized spacial score (nSPS) is 10.1. The van der Waals surface area contributed by atoms with Crippen LogP contribution in [0.2, 0.25) is 10.0 Å². The quantitative estimate of drug-likeness (QED) is 0.548. The zero-order valence-corrected chi connectivity index (χ0v) is 17.4. The highest BCUT2D eigenvalue weighted by Gasteiger charge is 2.10. The Morgan fingerprint density at radius 3 is 2.50 bits per heavy atom. The Hall–Kier alpha value is -2.35. The molecule has 0 saturated carbocycles. The first-order valence-electron chi connectivity index (χ1n) is 8.46. The molecule has 9 heteroatoms. The largest absolute Gasteiger partial charge is 0.482 e. The summed E-state index contributed by atoms with van der Waals surface area (Å²) in [5, 5.41) is 8.93. The van der Waals surface area contributed by atoms with Gasteiger partial charge in [0.05, 0.1) is 15.7 Å². The summed E-state index contributed by atoms with van der Waals surface area (Å²) < 4.78 is 5.35. The van der Waals surface area contributed by atoms with Gasteiger partial charge in [-0.3, -0.25) is 14.9 Å². The lowest BCUT2D eigenvalue weighted by atomic mass is 10.2. The molecule has 2 rings (SSSR count). The van der Waals surface area contributed by atoms with Crippen molar-refractivity contribution in [1.29, 1.82) is 0 Å². The Balaban J connectivity index is 1.90. The van der Waals surface area contributed by atoms with Crippen molar-refractivity contribution in [3.8, 4) is 5.75 Å². The van der Waals surface area contributed by atoms with Crippen LogP contribution in [-0.2, 0) is 9.59 Å². The highest BCUT2D eigenvalue weighted by molar-refractivity contribution is 7.80. The minimum absolute atomic E-state index is 0.0479. The first-order valence-corrected chi connectivity index (χ1v) is 9.63. The van der Waals surface area contributed by atoms with Gasteiger partial charge in [-0.1, -0.05) is 42.3 Å². The molecule has 0 unspecified atom stereocenters. The number of nitrogens with one attached hydrogen (secondary N) is 3. The van der Waals surface area contributed by atoms with Crippen molar-refractivity contribution in [2.24, 2.45) is 0 Å². The predicted molar refractivity (Wildman–Crippen MR) is 116 cm³/mol. The summed E-state index contributed by atoms with van der Waals surface area (Å²) in [4.78, 5) is 23.7. The van der Waals surface area contributed by atoms with E-state index in [9.17, 15) is 9.59 Å². The highest BCUT2D eigenvalue weighted by atomic mass is 35.5. The van der Waals surface area contributed by atoms with E-state index >= 15 is 0 Å². The Kier molecular flexibility index (Phi) is 8.50. The first kappa shape index (κ1) is 21.9. The van der Waals surface area contributed by atoms with Gasteiger partial charge in [0.25, 0.3) is 5.91 Å². The summed E-state index contributed by atoms with van der Waals surface area (Å²) in [5.41, 5.74) is 1.02. The van der Waals surface area contributed by atoms with Crippen molar-refractivity contribution < 1.29 is 14.3 Å². The van der Waals surface area contributed by atoms with Gasteiger partial charge in [0.1, 0.15) is 5.75 Å². The van der Waals surface area contributed by atoms with Gasteiger partial charge < -0.3 is 15.4 Å². The lowest BCUT2D eigenvalue weighted by Crippen LogP contribution is -2.37. The molecule has 2 amide bonds. The van der Waals surface area contributed by atoms with Crippen molar-refractivity contribution in [1.82, 2.24) is 5.32 Å². The van der Waals surface area contributed by atoms with Crippen LogP contribution in [0.1, 0.15) is 19.8 Å². The molecular weight excluding hydrogens is 421 g/mol. The number of halogens is 2. The molecule has 0 fully saturated rings. The number of benzene rings is 2. The van der Waals surface area contributed by atoms with Gasteiger partial charge in [-0.15, -0.1) is 0 Å². The van der Waals surface area contributed by atoms with Crippen LogP contribution in [0.15, 0.2) is 42.5 Å². The van der Waals surface area contributed by atoms with E-state index in [4.69, 9.17) is 40.2 Å². The molecule has 28 heavy (non-hydrogen) atoms. The van der Waals surface area contributed by atoms with E-state index in [1.807, 2.05) is 6.92 Å². The first-order chi connectivity index (χ1) is 13.4. The number of carbonyl (C=O) groups is 2. The second-order valence-corrected chi connectivity index (χ2v) is 6.94. The molecule has 0 heterocycles. The van der Waals surface area contributed by atoms with E-state index < -0.39 is 5.91 Å². The van der Waals surface area contributed by atoms with Crippen molar-refractivity contribution in [3.63, 3.8) is 0 Å². The molecule has 2 aromatic rings. The Bertz CT molecular complexity index is 877. The number of thiocarbonyl (C=S) groups is 1. The third-order valence-electron chi connectivity index (χ3n) is 3.42. The van der Waals surface area contributed by atoms with Crippen LogP contribution < -0.4 is 20.7 Å². The number of ether oxygens (including phenoxy) is 1. The third-order valence-corrected chi connectivity index (χ3v) is 4.27. The maximum atomic E-state index is 12.0. The zero-order valence-electron chi connectivity index (χ0n) is 15.1. The fourth-order valence-electron chi connectivity index (χ4n) is 2.17. The maximum absolute atomic E-state index is 12.0. The standard InChI is InChI=1S/C19H19Cl2N3O3S/c1-2-5-17(25)22-12-8-9-13(20)15(10-12)23-19(28)24-18(26)11-27-16-7-4-3-6-14(16)21/h3-4,6-10H,2,5,11H2,1H3,(H,22,25)(H2,23,24,26,28). The van der Waals surface area contributed by atoms with Crippen molar-refractivity contribution in [2.45, 2.75) is 19.8 Å². The molecule has 6 nitrogen and oxygen atoms in total. The number of rotatable bonds is 7. The van der Waals surface area contributed by atoms with Crippen molar-refractivity contribution in [2.75, 3.05) is 17.2 Å². The highest BCUT2D eigenvalue weighted by Crippen LogP contribution is 2.26. The van der Waals surface area contributed by atoms with Gasteiger partial charge in [-0.25, -0.2) is 0 Å². The van der Waals surface area contributed by atoms with E-state index in [-0.39, 0.29) is 17.6 Å². The minimum atomic E-state index is -0.457. The van der Waals surface area contributed by atoms with Crippen molar-refractivity contribution >= 4 is 63.7 Å². The van der Waals surface area contributed by atoms with E-state index in [0.717, 1.165) is 6.42 Å². The molecule has 0 aliphatic heterocycles. The Labute approximate surface area is 178 Å². The number of para-hydroxylation sites is 1. The molecule has 0 radical (unpaired) electrons. The van der Waals surface area contributed by atoms with Crippen LogP contribution >= 0.6 is 35.4 Å². The Morgan fingerprint density at radius 1 is 1.04 bits per heavy atom. The second-order valence-electron chi connectivity index (χ2n) is 5.71. The molecular formula is C19H19Cl2N3O3S. The molecule has 0 saturated heterocycles. The summed E-state index contributed by atoms with van der Waals surface area (Å²) in [7, 11) is 0. The summed E-state index contributed by atoms with van der Waals surface area (Å²) in [6.45, 7) is 1.66. The topological polar surface area (TPSA) is 79.5 Å². The lowest BCUT2D eigenvalue weighted by Gasteiger charge is -2.13. The molecule has 0 spiro atoms. The van der Waals surface area contributed by atoms with Gasteiger partial charge in [-0.05, 0) is 49.0 Å². The van der Waals surface area contributed by atoms with Gasteiger partial charge in [0.15, 0.2) is 11.7 Å².